The summed E-state index contributed by atoms with van der Waals surface area (Å²) in [6.45, 7) is 2.64. The molecule has 29 heavy (non-hydrogen) atoms. The molecule has 2 aromatic heterocycles. The van der Waals surface area contributed by atoms with Crippen molar-refractivity contribution in [3.8, 4) is 17.3 Å². The number of carbonyl (C=O) groups excluding carboxylic acids is 1. The lowest BCUT2D eigenvalue weighted by Crippen LogP contribution is -2.50. The van der Waals surface area contributed by atoms with Gasteiger partial charge in [0.15, 0.2) is 6.61 Å². The molecule has 0 unspecified atom stereocenters. The fourth-order valence-corrected chi connectivity index (χ4v) is 3.16. The molecule has 1 fully saturated rings. The highest BCUT2D eigenvalue weighted by atomic mass is 16.5. The summed E-state index contributed by atoms with van der Waals surface area (Å²) in [6.07, 6.45) is 6.79. The van der Waals surface area contributed by atoms with E-state index in [1.165, 1.54) is 0 Å². The zero-order valence-corrected chi connectivity index (χ0v) is 16.1. The van der Waals surface area contributed by atoms with Crippen LogP contribution in [0.5, 0.6) is 11.5 Å². The summed E-state index contributed by atoms with van der Waals surface area (Å²) in [5.74, 6) is 2.88. The normalized spacial score (nSPS) is 14.0. The average Bonchev–Trinajstić information content (AvgIpc) is 3.33. The van der Waals surface area contributed by atoms with Crippen molar-refractivity contribution >= 4 is 11.7 Å². The summed E-state index contributed by atoms with van der Waals surface area (Å²) < 4.78 is 12.6. The maximum absolute atomic E-state index is 12.5. The summed E-state index contributed by atoms with van der Waals surface area (Å²) in [5.41, 5.74) is 0. The molecule has 0 spiro atoms. The Kier molecular flexibility index (Phi) is 5.55. The molecule has 0 N–H and O–H groups in total. The van der Waals surface area contributed by atoms with Crippen LogP contribution in [0, 0.1) is 0 Å². The number of ether oxygens (including phenoxy) is 2. The topological polar surface area (TPSA) is 85.6 Å². The van der Waals surface area contributed by atoms with Gasteiger partial charge in [0.1, 0.15) is 35.8 Å². The summed E-state index contributed by atoms with van der Waals surface area (Å²) in [6, 6.07) is 9.15. The van der Waals surface area contributed by atoms with Gasteiger partial charge in [0, 0.05) is 50.7 Å². The smallest absolute Gasteiger partial charge is 0.260 e. The predicted octanol–water partition coefficient (Wildman–Crippen LogP) is 1.40. The molecule has 1 saturated heterocycles. The van der Waals surface area contributed by atoms with Crippen LogP contribution in [-0.4, -0.2) is 70.2 Å². The first kappa shape index (κ1) is 18.7. The van der Waals surface area contributed by atoms with E-state index < -0.39 is 0 Å². The highest BCUT2D eigenvalue weighted by Crippen LogP contribution is 2.19. The lowest BCUT2D eigenvalue weighted by atomic mass is 10.3. The van der Waals surface area contributed by atoms with Gasteiger partial charge in [-0.3, -0.25) is 9.36 Å². The van der Waals surface area contributed by atoms with Crippen molar-refractivity contribution in [1.29, 1.82) is 0 Å². The maximum atomic E-state index is 12.5. The van der Waals surface area contributed by atoms with Gasteiger partial charge in [-0.2, -0.15) is 0 Å². The Labute approximate surface area is 168 Å². The quantitative estimate of drug-likeness (QED) is 0.625. The third kappa shape index (κ3) is 4.45. The van der Waals surface area contributed by atoms with Crippen LogP contribution in [0.15, 0.2) is 55.4 Å². The Balaban J connectivity index is 1.31. The van der Waals surface area contributed by atoms with Crippen LogP contribution in [-0.2, 0) is 4.79 Å². The van der Waals surface area contributed by atoms with Gasteiger partial charge in [0.05, 0.1) is 7.11 Å². The standard InChI is InChI=1S/C20H22N6O3/c1-28-16-3-2-4-17(11-16)29-13-20(27)25-9-7-24(8-10-25)18-12-19(23-14-22-18)26-6-5-21-15-26/h2-6,11-12,14-15H,7-10,13H2,1H3. The van der Waals surface area contributed by atoms with Crippen LogP contribution < -0.4 is 14.4 Å². The maximum Gasteiger partial charge on any atom is 0.260 e. The number of anilines is 1. The molecule has 0 bridgehead atoms. The molecule has 9 heteroatoms. The van der Waals surface area contributed by atoms with Crippen molar-refractivity contribution in [2.45, 2.75) is 0 Å². The fourth-order valence-electron chi connectivity index (χ4n) is 3.16. The Bertz CT molecular complexity index is 954. The summed E-state index contributed by atoms with van der Waals surface area (Å²) >= 11 is 0. The van der Waals surface area contributed by atoms with Crippen LogP contribution in [0.25, 0.3) is 5.82 Å². The van der Waals surface area contributed by atoms with E-state index >= 15 is 0 Å². The summed E-state index contributed by atoms with van der Waals surface area (Å²) in [4.78, 5) is 29.2. The van der Waals surface area contributed by atoms with Crippen LogP contribution in [0.3, 0.4) is 0 Å². The summed E-state index contributed by atoms with van der Waals surface area (Å²) in [7, 11) is 1.60. The van der Waals surface area contributed by atoms with Crippen molar-refractivity contribution in [2.24, 2.45) is 0 Å². The zero-order chi connectivity index (χ0) is 20.1. The van der Waals surface area contributed by atoms with Crippen LogP contribution >= 0.6 is 0 Å². The lowest BCUT2D eigenvalue weighted by molar-refractivity contribution is -0.133. The molecule has 3 aromatic rings. The molecule has 0 aliphatic carbocycles. The number of carbonyl (C=O) groups is 1. The van der Waals surface area contributed by atoms with E-state index in [-0.39, 0.29) is 12.5 Å². The molecule has 1 aromatic carbocycles. The Morgan fingerprint density at radius 2 is 1.86 bits per heavy atom. The van der Waals surface area contributed by atoms with Crippen LogP contribution in [0.4, 0.5) is 5.82 Å². The van der Waals surface area contributed by atoms with Gasteiger partial charge in [0.2, 0.25) is 0 Å². The minimum absolute atomic E-state index is 0.00541. The van der Waals surface area contributed by atoms with Gasteiger partial charge in [-0.05, 0) is 12.1 Å². The number of aromatic nitrogens is 4. The largest absolute Gasteiger partial charge is 0.497 e. The molecule has 1 aliphatic heterocycles. The third-order valence-electron chi connectivity index (χ3n) is 4.77. The summed E-state index contributed by atoms with van der Waals surface area (Å²) in [5, 5.41) is 0. The second kappa shape index (κ2) is 8.59. The molecule has 0 saturated carbocycles. The second-order valence-electron chi connectivity index (χ2n) is 6.54. The minimum Gasteiger partial charge on any atom is -0.497 e. The van der Waals surface area contributed by atoms with Gasteiger partial charge < -0.3 is 19.3 Å². The number of piperazine rings is 1. The van der Waals surface area contributed by atoms with Gasteiger partial charge in [-0.25, -0.2) is 15.0 Å². The van der Waals surface area contributed by atoms with E-state index in [1.807, 2.05) is 33.9 Å². The van der Waals surface area contributed by atoms with E-state index in [4.69, 9.17) is 9.47 Å². The minimum atomic E-state index is -0.0331. The number of hydrogen-bond donors (Lipinski definition) is 0. The molecule has 150 valence electrons. The molecule has 3 heterocycles. The molecule has 0 atom stereocenters. The Hall–Kier alpha value is -3.62. The Morgan fingerprint density at radius 3 is 2.62 bits per heavy atom. The van der Waals surface area contributed by atoms with Crippen LogP contribution in [0.1, 0.15) is 0 Å². The molecular formula is C20H22N6O3. The highest BCUT2D eigenvalue weighted by Gasteiger charge is 2.22. The van der Waals surface area contributed by atoms with E-state index in [2.05, 4.69) is 19.9 Å². The van der Waals surface area contributed by atoms with Crippen molar-refractivity contribution in [3.05, 3.63) is 55.4 Å². The van der Waals surface area contributed by atoms with Crippen LogP contribution in [0.2, 0.25) is 0 Å². The van der Waals surface area contributed by atoms with Gasteiger partial charge in [-0.1, -0.05) is 6.07 Å². The average molecular weight is 394 g/mol. The van der Waals surface area contributed by atoms with E-state index in [9.17, 15) is 4.79 Å². The first-order valence-corrected chi connectivity index (χ1v) is 9.33. The monoisotopic (exact) mass is 394 g/mol. The lowest BCUT2D eigenvalue weighted by Gasteiger charge is -2.35. The zero-order valence-electron chi connectivity index (χ0n) is 16.1. The molecule has 1 amide bonds. The predicted molar refractivity (Wildman–Crippen MR) is 106 cm³/mol. The van der Waals surface area contributed by atoms with Crippen molar-refractivity contribution in [2.75, 3.05) is 44.8 Å². The fraction of sp³-hybridized carbons (Fsp3) is 0.300. The SMILES string of the molecule is COc1cccc(OCC(=O)N2CCN(c3cc(-n4ccnc4)ncn3)CC2)c1. The molecule has 9 nitrogen and oxygen atoms in total. The third-order valence-corrected chi connectivity index (χ3v) is 4.77. The van der Waals surface area contributed by atoms with Crippen molar-refractivity contribution in [1.82, 2.24) is 24.4 Å². The molecule has 0 radical (unpaired) electrons. The number of imidazole rings is 1. The number of amides is 1. The molecular weight excluding hydrogens is 372 g/mol. The Morgan fingerprint density at radius 1 is 1.07 bits per heavy atom. The number of benzene rings is 1. The van der Waals surface area contributed by atoms with E-state index in [1.54, 1.807) is 38.1 Å². The van der Waals surface area contributed by atoms with Crippen molar-refractivity contribution < 1.29 is 14.3 Å². The van der Waals surface area contributed by atoms with Gasteiger partial charge in [0.25, 0.3) is 5.91 Å². The van der Waals surface area contributed by atoms with Crippen molar-refractivity contribution in [3.63, 3.8) is 0 Å². The van der Waals surface area contributed by atoms with Gasteiger partial charge >= 0.3 is 0 Å². The number of nitrogens with zero attached hydrogens (tertiary/aromatic N) is 6. The van der Waals surface area contributed by atoms with Gasteiger partial charge in [-0.15, -0.1) is 0 Å². The molecule has 1 aliphatic rings. The first-order chi connectivity index (χ1) is 14.2. The van der Waals surface area contributed by atoms with E-state index in [0.29, 0.717) is 37.7 Å². The number of hydrogen-bond acceptors (Lipinski definition) is 7. The highest BCUT2D eigenvalue weighted by molar-refractivity contribution is 5.78. The molecule has 4 rings (SSSR count). The number of methoxy groups -OCH3 is 1. The first-order valence-electron chi connectivity index (χ1n) is 9.33. The van der Waals surface area contributed by atoms with E-state index in [0.717, 1.165) is 11.6 Å². The number of rotatable bonds is 6. The second-order valence-corrected chi connectivity index (χ2v) is 6.54.